The topological polar surface area (TPSA) is 41.6 Å². The molecule has 0 aliphatic rings. The van der Waals surface area contributed by atoms with Gasteiger partial charge >= 0.3 is 0 Å². The molecule has 1 N–H and O–H groups in total. The summed E-state index contributed by atoms with van der Waals surface area (Å²) >= 11 is 0. The summed E-state index contributed by atoms with van der Waals surface area (Å²) in [5, 5.41) is 6.66. The summed E-state index contributed by atoms with van der Waals surface area (Å²) in [6.45, 7) is 6.77. The Hall–Kier alpha value is -0.860. The van der Waals surface area contributed by atoms with Crippen molar-refractivity contribution in [2.24, 2.45) is 5.41 Å². The molecule has 0 atom stereocenters. The third kappa shape index (κ3) is 3.51. The molecule has 0 aliphatic heterocycles. The van der Waals surface area contributed by atoms with Gasteiger partial charge in [-0.3, -0.25) is 5.10 Å². The van der Waals surface area contributed by atoms with Gasteiger partial charge in [0.05, 0.1) is 0 Å². The maximum atomic E-state index is 4.07. The largest absolute Gasteiger partial charge is 0.263 e. The molecule has 1 aromatic rings. The van der Waals surface area contributed by atoms with E-state index in [0.717, 1.165) is 12.2 Å². The summed E-state index contributed by atoms with van der Waals surface area (Å²) < 4.78 is 0. The van der Waals surface area contributed by atoms with E-state index in [9.17, 15) is 0 Å². The number of nitrogens with one attached hydrogen (secondary N) is 1. The molecular weight excluding hydrogens is 150 g/mol. The van der Waals surface area contributed by atoms with E-state index in [-0.39, 0.29) is 0 Å². The first-order chi connectivity index (χ1) is 5.58. The van der Waals surface area contributed by atoms with E-state index >= 15 is 0 Å². The zero-order valence-electron chi connectivity index (χ0n) is 8.09. The van der Waals surface area contributed by atoms with Crippen LogP contribution in [-0.4, -0.2) is 15.2 Å². The minimum Gasteiger partial charge on any atom is -0.263 e. The third-order valence-electron chi connectivity index (χ3n) is 1.81. The summed E-state index contributed by atoms with van der Waals surface area (Å²) in [4.78, 5) is 4.07. The third-order valence-corrected chi connectivity index (χ3v) is 1.81. The van der Waals surface area contributed by atoms with Crippen molar-refractivity contribution >= 4 is 0 Å². The number of rotatable bonds is 3. The first-order valence-corrected chi connectivity index (χ1v) is 4.42. The van der Waals surface area contributed by atoms with Crippen LogP contribution in [0.4, 0.5) is 0 Å². The van der Waals surface area contributed by atoms with Crippen molar-refractivity contribution in [3.63, 3.8) is 0 Å². The van der Waals surface area contributed by atoms with Gasteiger partial charge in [0, 0.05) is 6.42 Å². The van der Waals surface area contributed by atoms with Gasteiger partial charge in [-0.2, -0.15) is 5.10 Å². The molecule has 0 fully saturated rings. The predicted molar refractivity (Wildman–Crippen MR) is 48.8 cm³/mol. The van der Waals surface area contributed by atoms with E-state index in [2.05, 4.69) is 36.0 Å². The van der Waals surface area contributed by atoms with Crippen LogP contribution in [0.3, 0.4) is 0 Å². The van der Waals surface area contributed by atoms with E-state index in [1.165, 1.54) is 12.8 Å². The Labute approximate surface area is 73.6 Å². The summed E-state index contributed by atoms with van der Waals surface area (Å²) in [6, 6.07) is 0. The Bertz CT molecular complexity index is 208. The van der Waals surface area contributed by atoms with Crippen LogP contribution in [0.1, 0.15) is 39.4 Å². The summed E-state index contributed by atoms with van der Waals surface area (Å²) in [7, 11) is 0. The van der Waals surface area contributed by atoms with Crippen molar-refractivity contribution in [2.75, 3.05) is 0 Å². The van der Waals surface area contributed by atoms with E-state index in [1.54, 1.807) is 6.33 Å². The first-order valence-electron chi connectivity index (χ1n) is 4.42. The molecule has 0 amide bonds. The highest BCUT2D eigenvalue weighted by Crippen LogP contribution is 2.21. The number of hydrogen-bond donors (Lipinski definition) is 1. The van der Waals surface area contributed by atoms with E-state index in [0.29, 0.717) is 5.41 Å². The average Bonchev–Trinajstić information content (AvgIpc) is 2.36. The monoisotopic (exact) mass is 167 g/mol. The zero-order valence-corrected chi connectivity index (χ0v) is 8.09. The van der Waals surface area contributed by atoms with Gasteiger partial charge in [0.2, 0.25) is 0 Å². The van der Waals surface area contributed by atoms with Crippen molar-refractivity contribution in [1.29, 1.82) is 0 Å². The van der Waals surface area contributed by atoms with Gasteiger partial charge in [0.15, 0.2) is 0 Å². The fourth-order valence-electron chi connectivity index (χ4n) is 1.14. The van der Waals surface area contributed by atoms with Crippen LogP contribution in [0.15, 0.2) is 6.33 Å². The van der Waals surface area contributed by atoms with Crippen LogP contribution in [0.2, 0.25) is 0 Å². The lowest BCUT2D eigenvalue weighted by Crippen LogP contribution is -2.05. The molecular formula is C9H17N3. The average molecular weight is 167 g/mol. The lowest BCUT2D eigenvalue weighted by molar-refractivity contribution is 0.364. The SMILES string of the molecule is CC(C)(C)CCCc1ncn[nH]1. The van der Waals surface area contributed by atoms with Crippen LogP contribution in [0.25, 0.3) is 0 Å². The molecule has 0 spiro atoms. The molecule has 0 saturated heterocycles. The lowest BCUT2D eigenvalue weighted by Gasteiger charge is -2.16. The molecule has 0 aliphatic carbocycles. The Balaban J connectivity index is 2.20. The molecule has 0 aromatic carbocycles. The summed E-state index contributed by atoms with van der Waals surface area (Å²) in [5.41, 5.74) is 0.431. The van der Waals surface area contributed by atoms with Crippen LogP contribution in [0.5, 0.6) is 0 Å². The van der Waals surface area contributed by atoms with Crippen molar-refractivity contribution in [2.45, 2.75) is 40.0 Å². The van der Waals surface area contributed by atoms with Crippen LogP contribution >= 0.6 is 0 Å². The zero-order chi connectivity index (χ0) is 9.03. The van der Waals surface area contributed by atoms with Crippen LogP contribution in [-0.2, 0) is 6.42 Å². The molecule has 0 saturated carbocycles. The van der Waals surface area contributed by atoms with E-state index in [1.807, 2.05) is 0 Å². The predicted octanol–water partition coefficient (Wildman–Crippen LogP) is 2.17. The van der Waals surface area contributed by atoms with Gasteiger partial charge in [-0.05, 0) is 18.3 Å². The highest BCUT2D eigenvalue weighted by Gasteiger charge is 2.09. The molecule has 1 heterocycles. The van der Waals surface area contributed by atoms with Crippen molar-refractivity contribution in [1.82, 2.24) is 15.2 Å². The number of aromatic nitrogens is 3. The van der Waals surface area contributed by atoms with Crippen molar-refractivity contribution in [3.05, 3.63) is 12.2 Å². The molecule has 68 valence electrons. The Morgan fingerprint density at radius 3 is 2.67 bits per heavy atom. The molecule has 0 radical (unpaired) electrons. The van der Waals surface area contributed by atoms with Gasteiger partial charge in [-0.1, -0.05) is 20.8 Å². The highest BCUT2D eigenvalue weighted by molar-refractivity contribution is 4.80. The minimum atomic E-state index is 0.431. The van der Waals surface area contributed by atoms with Gasteiger partial charge < -0.3 is 0 Å². The number of H-pyrrole nitrogens is 1. The minimum absolute atomic E-state index is 0.431. The van der Waals surface area contributed by atoms with E-state index in [4.69, 9.17) is 0 Å². The molecule has 12 heavy (non-hydrogen) atoms. The molecule has 1 aromatic heterocycles. The second-order valence-electron chi connectivity index (χ2n) is 4.35. The van der Waals surface area contributed by atoms with Crippen LogP contribution in [0, 0.1) is 5.41 Å². The summed E-state index contributed by atoms with van der Waals surface area (Å²) in [6.07, 6.45) is 4.98. The van der Waals surface area contributed by atoms with Gasteiger partial charge in [-0.25, -0.2) is 4.98 Å². The quantitative estimate of drug-likeness (QED) is 0.749. The Kier molecular flexibility index (Phi) is 2.84. The first kappa shape index (κ1) is 9.23. The Morgan fingerprint density at radius 1 is 1.42 bits per heavy atom. The lowest BCUT2D eigenvalue weighted by atomic mass is 9.90. The van der Waals surface area contributed by atoms with E-state index < -0.39 is 0 Å². The highest BCUT2D eigenvalue weighted by atomic mass is 15.2. The molecule has 0 bridgehead atoms. The Morgan fingerprint density at radius 2 is 2.17 bits per heavy atom. The second kappa shape index (κ2) is 3.70. The number of aryl methyl sites for hydroxylation is 1. The van der Waals surface area contributed by atoms with Crippen LogP contribution < -0.4 is 0 Å². The van der Waals surface area contributed by atoms with Crippen molar-refractivity contribution in [3.8, 4) is 0 Å². The number of hydrogen-bond acceptors (Lipinski definition) is 2. The van der Waals surface area contributed by atoms with Gasteiger partial charge in [0.25, 0.3) is 0 Å². The molecule has 0 unspecified atom stereocenters. The van der Waals surface area contributed by atoms with Gasteiger partial charge in [0.1, 0.15) is 12.2 Å². The smallest absolute Gasteiger partial charge is 0.137 e. The fourth-order valence-corrected chi connectivity index (χ4v) is 1.14. The molecule has 3 heteroatoms. The fraction of sp³-hybridized carbons (Fsp3) is 0.778. The normalized spacial score (nSPS) is 11.9. The maximum absolute atomic E-state index is 4.07. The maximum Gasteiger partial charge on any atom is 0.137 e. The second-order valence-corrected chi connectivity index (χ2v) is 4.35. The molecule has 1 rings (SSSR count). The standard InChI is InChI=1S/C9H17N3/c1-9(2,3)6-4-5-8-10-7-11-12-8/h7H,4-6H2,1-3H3,(H,10,11,12). The van der Waals surface area contributed by atoms with Gasteiger partial charge in [-0.15, -0.1) is 0 Å². The molecule has 3 nitrogen and oxygen atoms in total. The number of nitrogens with zero attached hydrogens (tertiary/aromatic N) is 2. The number of aromatic amines is 1. The summed E-state index contributed by atoms with van der Waals surface area (Å²) in [5.74, 6) is 0.999. The van der Waals surface area contributed by atoms with Crippen molar-refractivity contribution < 1.29 is 0 Å².